The predicted octanol–water partition coefficient (Wildman–Crippen LogP) is 4.97. The normalized spacial score (nSPS) is 17.0. The molecule has 0 spiro atoms. The van der Waals surface area contributed by atoms with Crippen molar-refractivity contribution in [3.8, 4) is 5.75 Å². The molecule has 0 N–H and O–H groups in total. The van der Waals surface area contributed by atoms with E-state index in [1.54, 1.807) is 18.2 Å². The summed E-state index contributed by atoms with van der Waals surface area (Å²) in [5.41, 5.74) is 0.0708. The molecule has 0 aliphatic carbocycles. The molecule has 0 saturated carbocycles. The molecule has 1 unspecified atom stereocenters. The quantitative estimate of drug-likeness (QED) is 0.138. The number of benzene rings is 2. The van der Waals surface area contributed by atoms with Gasteiger partial charge in [0, 0.05) is 18.6 Å². The Kier molecular flexibility index (Phi) is 10.8. The number of nitro groups is 1. The van der Waals surface area contributed by atoms with Crippen LogP contribution in [0.5, 0.6) is 5.75 Å². The van der Waals surface area contributed by atoms with Gasteiger partial charge in [-0.2, -0.15) is 0 Å². The number of carbonyl (C=O) groups excluding carboxylic acids is 1. The number of hydrogen-bond acceptors (Lipinski definition) is 8. The van der Waals surface area contributed by atoms with E-state index >= 15 is 0 Å². The Balaban J connectivity index is 2.10. The third-order valence-electron chi connectivity index (χ3n) is 6.56. The van der Waals surface area contributed by atoms with Gasteiger partial charge in [-0.15, -0.1) is 6.58 Å². The molecule has 0 aromatic heterocycles. The van der Waals surface area contributed by atoms with E-state index in [2.05, 4.69) is 13.2 Å². The number of nitro benzene ring substituents is 1. The van der Waals surface area contributed by atoms with Crippen molar-refractivity contribution in [2.45, 2.75) is 55.2 Å². The molecule has 2 aromatic carbocycles. The number of nitrogens with zero attached hydrogens (tertiary/aromatic N) is 2. The van der Waals surface area contributed by atoms with Gasteiger partial charge in [0.25, 0.3) is 21.6 Å². The van der Waals surface area contributed by atoms with Crippen molar-refractivity contribution in [2.24, 2.45) is 0 Å². The highest BCUT2D eigenvalue weighted by Gasteiger charge is 2.41. The summed E-state index contributed by atoms with van der Waals surface area (Å²) in [6.07, 6.45) is 5.14. The van der Waals surface area contributed by atoms with Crippen LogP contribution >= 0.6 is 0 Å². The van der Waals surface area contributed by atoms with Gasteiger partial charge in [0.15, 0.2) is 11.2 Å². The van der Waals surface area contributed by atoms with Crippen molar-refractivity contribution >= 4 is 21.6 Å². The smallest absolute Gasteiger partial charge is 0.289 e. The molecule has 2 aromatic rings. The molecule has 1 amide bonds. The van der Waals surface area contributed by atoms with Crippen LogP contribution in [-0.2, 0) is 24.3 Å². The first kappa shape index (κ1) is 30.0. The zero-order valence-corrected chi connectivity index (χ0v) is 22.8. The number of methoxy groups -OCH3 is 1. The second-order valence-corrected chi connectivity index (χ2v) is 10.8. The van der Waals surface area contributed by atoms with Crippen LogP contribution in [-0.4, -0.2) is 56.2 Å². The molecule has 1 fully saturated rings. The summed E-state index contributed by atoms with van der Waals surface area (Å²) in [5, 5.41) is 11.7. The van der Waals surface area contributed by atoms with Crippen LogP contribution in [0.4, 0.5) is 5.69 Å². The number of carbonyl (C=O) groups is 1. The molecule has 1 aliphatic heterocycles. The van der Waals surface area contributed by atoms with Crippen molar-refractivity contribution in [3.05, 3.63) is 89.5 Å². The lowest BCUT2D eigenvalue weighted by Gasteiger charge is -2.36. The molecule has 3 atom stereocenters. The van der Waals surface area contributed by atoms with E-state index in [-0.39, 0.29) is 19.3 Å². The van der Waals surface area contributed by atoms with Gasteiger partial charge in [-0.1, -0.05) is 36.9 Å². The lowest BCUT2D eigenvalue weighted by molar-refractivity contribution is -0.387. The van der Waals surface area contributed by atoms with Gasteiger partial charge >= 0.3 is 0 Å². The monoisotopic (exact) mass is 558 g/mol. The fourth-order valence-electron chi connectivity index (χ4n) is 4.70. The molecule has 10 nitrogen and oxygen atoms in total. The predicted molar refractivity (Wildman–Crippen MR) is 146 cm³/mol. The minimum atomic E-state index is -4.70. The first-order valence-corrected chi connectivity index (χ1v) is 14.1. The number of ether oxygens (including phenoxy) is 3. The Morgan fingerprint density at radius 3 is 2.64 bits per heavy atom. The lowest BCUT2D eigenvalue weighted by Crippen LogP contribution is -2.47. The minimum Gasteiger partial charge on any atom is -0.497 e. The molecule has 210 valence electrons. The highest BCUT2D eigenvalue weighted by atomic mass is 32.2. The number of hydrogen-bond donors (Lipinski definition) is 0. The van der Waals surface area contributed by atoms with Gasteiger partial charge in [0.1, 0.15) is 5.75 Å². The molecule has 11 heteroatoms. The van der Waals surface area contributed by atoms with Gasteiger partial charge in [-0.25, -0.2) is 12.7 Å². The van der Waals surface area contributed by atoms with Crippen LogP contribution in [0.15, 0.2) is 78.7 Å². The fourth-order valence-corrected chi connectivity index (χ4v) is 6.47. The summed E-state index contributed by atoms with van der Waals surface area (Å²) in [7, 11) is -3.18. The summed E-state index contributed by atoms with van der Waals surface area (Å²) in [4.78, 5) is 23.6. The Bertz CT molecular complexity index is 1270. The Labute approximate surface area is 229 Å². The molecule has 1 saturated heterocycles. The summed E-state index contributed by atoms with van der Waals surface area (Å²) < 4.78 is 45.7. The highest BCUT2D eigenvalue weighted by Crippen LogP contribution is 2.36. The summed E-state index contributed by atoms with van der Waals surface area (Å²) >= 11 is 0. The largest absolute Gasteiger partial charge is 0.497 e. The van der Waals surface area contributed by atoms with E-state index in [9.17, 15) is 23.3 Å². The van der Waals surface area contributed by atoms with E-state index in [1.165, 1.54) is 25.3 Å². The summed E-state index contributed by atoms with van der Waals surface area (Å²) in [5.74, 6) is -0.942. The van der Waals surface area contributed by atoms with Crippen molar-refractivity contribution < 1.29 is 32.3 Å². The van der Waals surface area contributed by atoms with E-state index in [4.69, 9.17) is 14.2 Å². The van der Waals surface area contributed by atoms with Gasteiger partial charge in [0.2, 0.25) is 0 Å². The van der Waals surface area contributed by atoms with Gasteiger partial charge < -0.3 is 14.2 Å². The Hall–Kier alpha value is -3.54. The van der Waals surface area contributed by atoms with Crippen molar-refractivity contribution in [2.75, 3.05) is 20.3 Å². The van der Waals surface area contributed by atoms with Gasteiger partial charge in [0.05, 0.1) is 24.7 Å². The third-order valence-corrected chi connectivity index (χ3v) is 8.43. The van der Waals surface area contributed by atoms with E-state index in [0.29, 0.717) is 28.6 Å². The van der Waals surface area contributed by atoms with Crippen molar-refractivity contribution in [3.63, 3.8) is 0 Å². The standard InChI is InChI=1S/C28H34N2O8S/c1-4-11-24(29(27(31)5-2)39(34,35)26-15-7-6-14-25(26)30(32)33)23(21-12-10-13-22(20-21)36-3)17-19-38-28-16-8-9-18-37-28/h4-7,10,12-15,20,23-24,28H,1-2,8-9,11,16-19H2,3H3/t23-,24+,28?/m0/s1. The van der Waals surface area contributed by atoms with E-state index in [1.807, 2.05) is 6.07 Å². The number of rotatable bonds is 14. The number of sulfonamides is 1. The molecule has 1 aliphatic rings. The van der Waals surface area contributed by atoms with E-state index in [0.717, 1.165) is 37.5 Å². The Morgan fingerprint density at radius 2 is 2.00 bits per heavy atom. The topological polar surface area (TPSA) is 125 Å². The molecule has 39 heavy (non-hydrogen) atoms. The average Bonchev–Trinajstić information content (AvgIpc) is 2.95. The van der Waals surface area contributed by atoms with E-state index < -0.39 is 43.4 Å². The SMILES string of the molecule is C=CC[C@H]([C@@H](CCOC1CCCCO1)c1cccc(OC)c1)N(C(=O)C=C)S(=O)(=O)c1ccccc1[N+](=O)[O-]. The first-order chi connectivity index (χ1) is 18.7. The highest BCUT2D eigenvalue weighted by molar-refractivity contribution is 7.89. The van der Waals surface area contributed by atoms with Crippen molar-refractivity contribution in [1.29, 1.82) is 0 Å². The van der Waals surface area contributed by atoms with Gasteiger partial charge in [-0.05, 0) is 61.9 Å². The van der Waals surface area contributed by atoms with Crippen LogP contribution in [0.2, 0.25) is 0 Å². The number of amides is 1. The molecular formula is C28H34N2O8S. The zero-order valence-electron chi connectivity index (χ0n) is 21.9. The summed E-state index contributed by atoms with van der Waals surface area (Å²) in [6, 6.07) is 11.1. The lowest BCUT2D eigenvalue weighted by atomic mass is 9.86. The Morgan fingerprint density at radius 1 is 1.23 bits per heavy atom. The molecule has 0 radical (unpaired) electrons. The zero-order chi connectivity index (χ0) is 28.4. The molecule has 0 bridgehead atoms. The first-order valence-electron chi connectivity index (χ1n) is 12.7. The van der Waals surface area contributed by atoms with Crippen LogP contribution < -0.4 is 4.74 Å². The molecule has 3 rings (SSSR count). The summed E-state index contributed by atoms with van der Waals surface area (Å²) in [6.45, 7) is 8.12. The maximum Gasteiger partial charge on any atom is 0.289 e. The number of para-hydroxylation sites is 1. The van der Waals surface area contributed by atoms with Crippen LogP contribution in [0.1, 0.15) is 43.6 Å². The third kappa shape index (κ3) is 7.31. The van der Waals surface area contributed by atoms with Gasteiger partial charge in [-0.3, -0.25) is 14.9 Å². The average molecular weight is 559 g/mol. The van der Waals surface area contributed by atoms with Crippen molar-refractivity contribution in [1.82, 2.24) is 4.31 Å². The molecular weight excluding hydrogens is 524 g/mol. The maximum atomic E-state index is 14.0. The van der Waals surface area contributed by atoms with Crippen LogP contribution in [0.3, 0.4) is 0 Å². The minimum absolute atomic E-state index is 0.0707. The van der Waals surface area contributed by atoms with Crippen LogP contribution in [0, 0.1) is 10.1 Å². The molecule has 1 heterocycles. The second-order valence-electron chi connectivity index (χ2n) is 9.00. The second kappa shape index (κ2) is 14.0. The van der Waals surface area contributed by atoms with Crippen LogP contribution in [0.25, 0.3) is 0 Å². The maximum absolute atomic E-state index is 14.0. The fraction of sp³-hybridized carbons (Fsp3) is 0.393.